The molecule has 0 aliphatic carbocycles. The molecule has 21 nitrogen and oxygen atoms in total. The van der Waals surface area contributed by atoms with E-state index >= 15 is 0 Å². The van der Waals surface area contributed by atoms with Gasteiger partial charge in [0.05, 0.1) is 19.5 Å². The van der Waals surface area contributed by atoms with Crippen LogP contribution in [0, 0.1) is 0 Å². The number of aromatic nitrogens is 7. The van der Waals surface area contributed by atoms with Gasteiger partial charge in [-0.3, -0.25) is 32.4 Å². The summed E-state index contributed by atoms with van der Waals surface area (Å²) in [6.45, 7) is -1.36. The van der Waals surface area contributed by atoms with Crippen LogP contribution in [0.25, 0.3) is 11.2 Å². The van der Waals surface area contributed by atoms with Crippen molar-refractivity contribution in [2.24, 2.45) is 0 Å². The monoisotopic (exact) mass is 619 g/mol. The number of hydrogen-bond donors (Lipinski definition) is 6. The first kappa shape index (κ1) is 28.2. The van der Waals surface area contributed by atoms with Gasteiger partial charge in [0, 0.05) is 6.42 Å². The molecule has 6 rings (SSSR count). The highest BCUT2D eigenvalue weighted by molar-refractivity contribution is 7.47. The Kier molecular flexibility index (Phi) is 7.37. The zero-order chi connectivity index (χ0) is 28.9. The number of nitrogens with zero attached hydrogens (tertiary/aromatic N) is 6. The van der Waals surface area contributed by atoms with Gasteiger partial charge in [-0.2, -0.15) is 4.98 Å². The van der Waals surface area contributed by atoms with Crippen molar-refractivity contribution in [1.29, 1.82) is 0 Å². The third kappa shape index (κ3) is 5.87. The second-order valence-corrected chi connectivity index (χ2v) is 11.9. The number of phosphoric acid groups is 2. The first-order valence-electron chi connectivity index (χ1n) is 11.9. The Morgan fingerprint density at radius 3 is 2.49 bits per heavy atom. The van der Waals surface area contributed by atoms with Gasteiger partial charge in [0.15, 0.2) is 17.4 Å². The number of anilines is 2. The standard InChI is InChI=1S/C18H23N9O12P2/c19-17-25-14-11(15(29)26-17)23-6-27(14)16-13-12(28)9(37-16)3-35-40(30,31)38-7-1-10(24-18-21-4-20-5-22-18)36-8(7)2-34-41(32,33)39-13/h4-10,12-13,16,28H,1-3H2,(H,30,31)(H,32,33)(H3,19,25,26,29)(H,20,21,22,24)/t7-,8+,9+,10+,12+,13+,16+/m0/s1. The predicted molar refractivity (Wildman–Crippen MR) is 131 cm³/mol. The molecule has 6 heterocycles. The molecule has 9 atom stereocenters. The Hall–Kier alpha value is -2.94. The lowest BCUT2D eigenvalue weighted by atomic mass is 10.1. The molecule has 0 saturated carbocycles. The fourth-order valence-corrected chi connectivity index (χ4v) is 6.46. The number of fused-ring (bicyclic) bond motifs is 4. The molecule has 2 unspecified atom stereocenters. The van der Waals surface area contributed by atoms with E-state index in [1.807, 2.05) is 0 Å². The van der Waals surface area contributed by atoms with Crippen molar-refractivity contribution in [3.8, 4) is 0 Å². The molecule has 0 radical (unpaired) electrons. The molecule has 3 aromatic heterocycles. The summed E-state index contributed by atoms with van der Waals surface area (Å²) in [5.41, 5.74) is 4.73. The van der Waals surface area contributed by atoms with Crippen molar-refractivity contribution < 1.29 is 51.6 Å². The van der Waals surface area contributed by atoms with Crippen molar-refractivity contribution in [2.45, 2.75) is 49.4 Å². The van der Waals surface area contributed by atoms with Crippen LogP contribution in [0.3, 0.4) is 0 Å². The van der Waals surface area contributed by atoms with Crippen LogP contribution in [0.15, 0.2) is 23.8 Å². The Bertz CT molecular complexity index is 1580. The minimum atomic E-state index is -4.97. The zero-order valence-corrected chi connectivity index (χ0v) is 22.4. The molecule has 2 bridgehead atoms. The Balaban J connectivity index is 1.28. The first-order chi connectivity index (χ1) is 19.5. The number of nitrogens with two attached hydrogens (primary N) is 1. The topological polar surface area (TPSA) is 290 Å². The van der Waals surface area contributed by atoms with Crippen LogP contribution in [0.2, 0.25) is 0 Å². The van der Waals surface area contributed by atoms with Gasteiger partial charge in [0.1, 0.15) is 49.4 Å². The fraction of sp³-hybridized carbons (Fsp3) is 0.556. The fourth-order valence-electron chi connectivity index (χ4n) is 4.57. The molecule has 7 N–H and O–H groups in total. The number of aromatic amines is 1. The van der Waals surface area contributed by atoms with E-state index in [1.54, 1.807) is 0 Å². The van der Waals surface area contributed by atoms with Crippen LogP contribution >= 0.6 is 15.6 Å². The van der Waals surface area contributed by atoms with Crippen LogP contribution in [-0.2, 0) is 36.7 Å². The van der Waals surface area contributed by atoms with E-state index in [1.165, 1.54) is 12.7 Å². The van der Waals surface area contributed by atoms with Crippen LogP contribution in [0.1, 0.15) is 12.6 Å². The van der Waals surface area contributed by atoms with Gasteiger partial charge >= 0.3 is 15.6 Å². The summed E-state index contributed by atoms with van der Waals surface area (Å²) >= 11 is 0. The quantitative estimate of drug-likeness (QED) is 0.180. The SMILES string of the molecule is Nc1nc2c(ncn2[C@@H]2O[C@@H]3COP(=O)(O)O[C@H]4C[C@H](Nc5ncncn5)O[C@@H]4COP(=O)(O)O[C@@H]2[C@@H]3O)c(=O)[nH]1. The number of rotatable bonds is 3. The van der Waals surface area contributed by atoms with Crippen molar-refractivity contribution in [2.75, 3.05) is 24.3 Å². The average molecular weight is 619 g/mol. The number of imidazole rings is 1. The molecule has 3 saturated heterocycles. The summed E-state index contributed by atoms with van der Waals surface area (Å²) in [7, 11) is -9.79. The normalized spacial score (nSPS) is 38.1. The van der Waals surface area contributed by atoms with E-state index in [0.717, 1.165) is 10.9 Å². The van der Waals surface area contributed by atoms with Crippen molar-refractivity contribution in [3.05, 3.63) is 29.3 Å². The second-order valence-electron chi connectivity index (χ2n) is 9.08. The maximum atomic E-state index is 13.0. The van der Waals surface area contributed by atoms with Crippen LogP contribution in [-0.4, -0.2) is 99.3 Å². The van der Waals surface area contributed by atoms with Crippen LogP contribution in [0.4, 0.5) is 11.9 Å². The summed E-state index contributed by atoms with van der Waals surface area (Å²) in [4.78, 5) is 55.0. The third-order valence-electron chi connectivity index (χ3n) is 6.35. The zero-order valence-electron chi connectivity index (χ0n) is 20.6. The van der Waals surface area contributed by atoms with Gasteiger partial charge in [-0.1, -0.05) is 0 Å². The van der Waals surface area contributed by atoms with E-state index in [0.29, 0.717) is 0 Å². The molecule has 3 aliphatic rings. The molecule has 23 heteroatoms. The summed E-state index contributed by atoms with van der Waals surface area (Å²) in [6.07, 6.45) is -5.79. The first-order valence-corrected chi connectivity index (χ1v) is 14.9. The minimum absolute atomic E-state index is 0.0412. The second kappa shape index (κ2) is 10.7. The lowest BCUT2D eigenvalue weighted by molar-refractivity contribution is -0.0618. The molecular weight excluding hydrogens is 596 g/mol. The Morgan fingerprint density at radius 2 is 1.73 bits per heavy atom. The maximum absolute atomic E-state index is 13.0. The number of aliphatic hydroxyl groups excluding tert-OH is 1. The van der Waals surface area contributed by atoms with Crippen LogP contribution in [0.5, 0.6) is 0 Å². The van der Waals surface area contributed by atoms with Gasteiger partial charge in [0.25, 0.3) is 5.56 Å². The highest BCUT2D eigenvalue weighted by atomic mass is 31.2. The molecule has 0 aromatic carbocycles. The Labute approximate surface area is 228 Å². The largest absolute Gasteiger partial charge is 0.472 e. The number of ether oxygens (including phenoxy) is 2. The molecule has 3 aliphatic heterocycles. The highest BCUT2D eigenvalue weighted by Crippen LogP contribution is 2.53. The van der Waals surface area contributed by atoms with Gasteiger partial charge in [-0.15, -0.1) is 0 Å². The van der Waals surface area contributed by atoms with E-state index < -0.39 is 77.4 Å². The minimum Gasteiger partial charge on any atom is -0.387 e. The molecule has 0 amide bonds. The van der Waals surface area contributed by atoms with E-state index in [-0.39, 0.29) is 29.5 Å². The van der Waals surface area contributed by atoms with Crippen molar-refractivity contribution >= 4 is 38.7 Å². The van der Waals surface area contributed by atoms with E-state index in [2.05, 4.69) is 35.2 Å². The molecule has 0 spiro atoms. The van der Waals surface area contributed by atoms with E-state index in [9.17, 15) is 28.8 Å². The Morgan fingerprint density at radius 1 is 1.02 bits per heavy atom. The highest BCUT2D eigenvalue weighted by Gasteiger charge is 2.51. The van der Waals surface area contributed by atoms with Gasteiger partial charge in [0.2, 0.25) is 11.9 Å². The smallest absolute Gasteiger partial charge is 0.387 e. The number of nitrogens with one attached hydrogen (secondary N) is 2. The number of H-pyrrole nitrogens is 1. The van der Waals surface area contributed by atoms with Gasteiger partial charge in [-0.05, 0) is 0 Å². The third-order valence-corrected chi connectivity index (χ3v) is 8.35. The molecule has 222 valence electrons. The van der Waals surface area contributed by atoms with E-state index in [4.69, 9.17) is 33.3 Å². The summed E-state index contributed by atoms with van der Waals surface area (Å²) in [6, 6.07) is 0. The molecule has 3 fully saturated rings. The number of nitrogen functional groups attached to an aromatic ring is 1. The number of aliphatic hydroxyl groups is 1. The maximum Gasteiger partial charge on any atom is 0.472 e. The summed E-state index contributed by atoms with van der Waals surface area (Å²) in [5, 5.41) is 13.8. The van der Waals surface area contributed by atoms with Gasteiger partial charge < -0.3 is 35.4 Å². The van der Waals surface area contributed by atoms with Crippen molar-refractivity contribution in [1.82, 2.24) is 34.5 Å². The number of phosphoric ester groups is 2. The summed E-state index contributed by atoms with van der Waals surface area (Å²) in [5.74, 6) is -0.121. The molecule has 3 aromatic rings. The van der Waals surface area contributed by atoms with Gasteiger partial charge in [-0.25, -0.2) is 29.1 Å². The lowest BCUT2D eigenvalue weighted by Crippen LogP contribution is -2.35. The predicted octanol–water partition coefficient (Wildman–Crippen LogP) is -1.61. The molecular formula is C18H23N9O12P2. The number of hydrogen-bond acceptors (Lipinski definition) is 17. The van der Waals surface area contributed by atoms with Crippen LogP contribution < -0.4 is 16.6 Å². The summed E-state index contributed by atoms with van der Waals surface area (Å²) < 4.78 is 59.4. The molecule has 41 heavy (non-hydrogen) atoms. The average Bonchev–Trinajstić information content (AvgIpc) is 3.57. The lowest BCUT2D eigenvalue weighted by Gasteiger charge is -2.25. The van der Waals surface area contributed by atoms with Crippen molar-refractivity contribution in [3.63, 3.8) is 0 Å².